The Bertz CT molecular complexity index is 1090. The van der Waals surface area contributed by atoms with Gasteiger partial charge < -0.3 is 14.6 Å². The topological polar surface area (TPSA) is 112 Å². The number of aryl methyl sites for hydroxylation is 1. The zero-order valence-corrected chi connectivity index (χ0v) is 15.1. The van der Waals surface area contributed by atoms with Gasteiger partial charge in [-0.2, -0.15) is 10.5 Å². The molecule has 0 fully saturated rings. The normalized spacial score (nSPS) is 9.96. The number of nitrogens with one attached hydrogen (secondary N) is 1. The van der Waals surface area contributed by atoms with Crippen LogP contribution in [-0.2, 0) is 17.8 Å². The van der Waals surface area contributed by atoms with Crippen LogP contribution >= 0.6 is 0 Å². The average molecular weight is 372 g/mol. The van der Waals surface area contributed by atoms with Crippen molar-refractivity contribution < 1.29 is 14.1 Å². The average Bonchev–Trinajstić information content (AvgIpc) is 3.05. The fourth-order valence-electron chi connectivity index (χ4n) is 2.60. The van der Waals surface area contributed by atoms with E-state index in [-0.39, 0.29) is 17.9 Å². The van der Waals surface area contributed by atoms with E-state index in [9.17, 15) is 4.79 Å². The molecule has 3 aromatic rings. The number of carbonyl (C=O) groups excluding carboxylic acids is 1. The van der Waals surface area contributed by atoms with Crippen LogP contribution in [0.25, 0.3) is 0 Å². The number of nitrogens with zero attached hydrogens (tertiary/aromatic N) is 3. The van der Waals surface area contributed by atoms with Crippen LogP contribution in [0.15, 0.2) is 53.1 Å². The standard InChI is InChI=1S/C21H16N4O3/c1-14-19(12-23)20(25-28-14)10-21(26)24-17-6-3-7-18(9-17)27-13-16-5-2-4-15(8-16)11-22/h2-9H,10,13H2,1H3,(H,24,26). The molecule has 3 rings (SSSR count). The van der Waals surface area contributed by atoms with E-state index < -0.39 is 0 Å². The molecule has 0 atom stereocenters. The maximum absolute atomic E-state index is 12.2. The molecule has 7 heteroatoms. The highest BCUT2D eigenvalue weighted by molar-refractivity contribution is 5.92. The predicted molar refractivity (Wildman–Crippen MR) is 100 cm³/mol. The number of amides is 1. The van der Waals surface area contributed by atoms with Gasteiger partial charge in [-0.1, -0.05) is 23.4 Å². The second kappa shape index (κ2) is 8.52. The monoisotopic (exact) mass is 372 g/mol. The molecule has 0 aliphatic rings. The SMILES string of the molecule is Cc1onc(CC(=O)Nc2cccc(OCc3cccc(C#N)c3)c2)c1C#N. The molecule has 0 radical (unpaired) electrons. The number of ether oxygens (including phenoxy) is 1. The van der Waals surface area contributed by atoms with Crippen molar-refractivity contribution in [1.82, 2.24) is 5.16 Å². The molecule has 28 heavy (non-hydrogen) atoms. The van der Waals surface area contributed by atoms with E-state index in [0.717, 1.165) is 5.56 Å². The third kappa shape index (κ3) is 4.54. The van der Waals surface area contributed by atoms with Gasteiger partial charge in [0.15, 0.2) is 5.76 Å². The van der Waals surface area contributed by atoms with Crippen molar-refractivity contribution in [2.75, 3.05) is 5.32 Å². The van der Waals surface area contributed by atoms with Crippen LogP contribution in [0.2, 0.25) is 0 Å². The number of rotatable bonds is 6. The minimum absolute atomic E-state index is 0.0632. The Hall–Kier alpha value is -4.10. The van der Waals surface area contributed by atoms with Gasteiger partial charge in [0.25, 0.3) is 0 Å². The third-order valence-corrected chi connectivity index (χ3v) is 3.95. The molecule has 0 saturated heterocycles. The largest absolute Gasteiger partial charge is 0.489 e. The lowest BCUT2D eigenvalue weighted by Crippen LogP contribution is -2.15. The molecule has 7 nitrogen and oxygen atoms in total. The Kier molecular flexibility index (Phi) is 5.69. The smallest absolute Gasteiger partial charge is 0.230 e. The van der Waals surface area contributed by atoms with E-state index in [1.54, 1.807) is 49.4 Å². The number of hydrogen-bond acceptors (Lipinski definition) is 6. The highest BCUT2D eigenvalue weighted by atomic mass is 16.5. The van der Waals surface area contributed by atoms with Gasteiger partial charge in [0.05, 0.1) is 18.1 Å². The number of hydrogen-bond donors (Lipinski definition) is 1. The lowest BCUT2D eigenvalue weighted by atomic mass is 10.1. The Morgan fingerprint density at radius 2 is 2.00 bits per heavy atom. The molecule has 1 N–H and O–H groups in total. The van der Waals surface area contributed by atoms with Crippen LogP contribution in [0.1, 0.15) is 28.1 Å². The summed E-state index contributed by atoms with van der Waals surface area (Å²) in [4.78, 5) is 12.2. The van der Waals surface area contributed by atoms with Gasteiger partial charge >= 0.3 is 0 Å². The van der Waals surface area contributed by atoms with E-state index in [0.29, 0.717) is 35.1 Å². The first-order valence-electron chi connectivity index (χ1n) is 8.46. The lowest BCUT2D eigenvalue weighted by molar-refractivity contribution is -0.115. The summed E-state index contributed by atoms with van der Waals surface area (Å²) in [7, 11) is 0. The number of benzene rings is 2. The Balaban J connectivity index is 1.62. The van der Waals surface area contributed by atoms with Gasteiger partial charge in [-0.05, 0) is 36.8 Å². The van der Waals surface area contributed by atoms with Crippen LogP contribution in [0.3, 0.4) is 0 Å². The van der Waals surface area contributed by atoms with Crippen LogP contribution in [0, 0.1) is 29.6 Å². The van der Waals surface area contributed by atoms with Crippen molar-refractivity contribution in [2.24, 2.45) is 0 Å². The van der Waals surface area contributed by atoms with Crippen molar-refractivity contribution in [3.05, 3.63) is 76.7 Å². The first kappa shape index (κ1) is 18.7. The number of nitriles is 2. The fourth-order valence-corrected chi connectivity index (χ4v) is 2.60. The quantitative estimate of drug-likeness (QED) is 0.709. The van der Waals surface area contributed by atoms with Crippen LogP contribution in [0.4, 0.5) is 5.69 Å². The molecule has 1 aromatic heterocycles. The van der Waals surface area contributed by atoms with E-state index in [1.807, 2.05) is 12.1 Å². The van der Waals surface area contributed by atoms with E-state index in [1.165, 1.54) is 0 Å². The molecular weight excluding hydrogens is 356 g/mol. The molecular formula is C21H16N4O3. The van der Waals surface area contributed by atoms with E-state index >= 15 is 0 Å². The molecule has 2 aromatic carbocycles. The Labute approximate surface area is 161 Å². The first-order chi connectivity index (χ1) is 13.6. The zero-order valence-electron chi connectivity index (χ0n) is 15.1. The molecule has 0 unspecified atom stereocenters. The first-order valence-corrected chi connectivity index (χ1v) is 8.46. The highest BCUT2D eigenvalue weighted by Crippen LogP contribution is 2.20. The summed E-state index contributed by atoms with van der Waals surface area (Å²) in [5.74, 6) is 0.653. The molecule has 0 bridgehead atoms. The predicted octanol–water partition coefficient (Wildman–Crippen LogP) is 3.49. The Morgan fingerprint density at radius 3 is 2.79 bits per heavy atom. The molecule has 1 amide bonds. The van der Waals surface area contributed by atoms with Crippen molar-refractivity contribution in [3.63, 3.8) is 0 Å². The van der Waals surface area contributed by atoms with Gasteiger partial charge in [0.2, 0.25) is 5.91 Å². The van der Waals surface area contributed by atoms with E-state index in [2.05, 4.69) is 16.5 Å². The van der Waals surface area contributed by atoms with Gasteiger partial charge in [-0.15, -0.1) is 0 Å². The fraction of sp³-hybridized carbons (Fsp3) is 0.143. The van der Waals surface area contributed by atoms with Crippen LogP contribution in [0.5, 0.6) is 5.75 Å². The summed E-state index contributed by atoms with van der Waals surface area (Å²) in [6.45, 7) is 1.93. The molecule has 138 valence electrons. The van der Waals surface area contributed by atoms with Gasteiger partial charge in [0, 0.05) is 11.8 Å². The van der Waals surface area contributed by atoms with Crippen LogP contribution in [-0.4, -0.2) is 11.1 Å². The maximum atomic E-state index is 12.2. The summed E-state index contributed by atoms with van der Waals surface area (Å²) >= 11 is 0. The zero-order chi connectivity index (χ0) is 19.9. The summed E-state index contributed by atoms with van der Waals surface area (Å²) < 4.78 is 10.7. The summed E-state index contributed by atoms with van der Waals surface area (Å²) in [5.41, 5.74) is 2.60. The van der Waals surface area contributed by atoms with Crippen molar-refractivity contribution in [1.29, 1.82) is 10.5 Å². The number of anilines is 1. The van der Waals surface area contributed by atoms with Crippen molar-refractivity contribution in [3.8, 4) is 17.9 Å². The molecule has 0 aliphatic carbocycles. The van der Waals surface area contributed by atoms with Crippen molar-refractivity contribution in [2.45, 2.75) is 20.0 Å². The van der Waals surface area contributed by atoms with Crippen molar-refractivity contribution >= 4 is 11.6 Å². The summed E-state index contributed by atoms with van der Waals surface area (Å²) in [6, 6.07) is 18.2. The third-order valence-electron chi connectivity index (χ3n) is 3.95. The van der Waals surface area contributed by atoms with E-state index in [4.69, 9.17) is 19.8 Å². The molecule has 0 saturated carbocycles. The second-order valence-electron chi connectivity index (χ2n) is 6.03. The van der Waals surface area contributed by atoms with Gasteiger partial charge in [-0.3, -0.25) is 4.79 Å². The minimum Gasteiger partial charge on any atom is -0.489 e. The number of carbonyl (C=O) groups is 1. The lowest BCUT2D eigenvalue weighted by Gasteiger charge is -2.09. The molecule has 1 heterocycles. The van der Waals surface area contributed by atoms with Crippen LogP contribution < -0.4 is 10.1 Å². The summed E-state index contributed by atoms with van der Waals surface area (Å²) in [6.07, 6.45) is -0.0632. The van der Waals surface area contributed by atoms with Gasteiger partial charge in [-0.25, -0.2) is 0 Å². The summed E-state index contributed by atoms with van der Waals surface area (Å²) in [5, 5.41) is 24.6. The Morgan fingerprint density at radius 1 is 1.18 bits per heavy atom. The molecule has 0 spiro atoms. The van der Waals surface area contributed by atoms with Gasteiger partial charge in [0.1, 0.15) is 29.7 Å². The minimum atomic E-state index is -0.316. The molecule has 0 aliphatic heterocycles. The number of aromatic nitrogens is 1. The second-order valence-corrected chi connectivity index (χ2v) is 6.03. The maximum Gasteiger partial charge on any atom is 0.230 e. The highest BCUT2D eigenvalue weighted by Gasteiger charge is 2.16.